The third-order valence-corrected chi connectivity index (χ3v) is 2.27. The molecule has 0 bridgehead atoms. The first-order valence-corrected chi connectivity index (χ1v) is 5.35. The van der Waals surface area contributed by atoms with Gasteiger partial charge in [0.1, 0.15) is 0 Å². The maximum Gasteiger partial charge on any atom is 0.0671 e. The molecular weight excluding hydrogens is 127 g/mol. The highest BCUT2D eigenvalue weighted by atomic mass is 32.4. The standard InChI is InChI=1S/C3H11N2PS/c1-2-3-6(4,5)7/h2-3H2,1H3,(H4,4,5,7). The van der Waals surface area contributed by atoms with Gasteiger partial charge in [0.05, 0.1) is 6.34 Å². The van der Waals surface area contributed by atoms with Crippen LogP contribution in [-0.4, -0.2) is 6.16 Å². The van der Waals surface area contributed by atoms with E-state index in [9.17, 15) is 0 Å². The molecule has 0 saturated heterocycles. The summed E-state index contributed by atoms with van der Waals surface area (Å²) < 4.78 is 0. The highest BCUT2D eigenvalue weighted by Gasteiger charge is 1.97. The average Bonchev–Trinajstić information content (AvgIpc) is 1.30. The lowest BCUT2D eigenvalue weighted by Gasteiger charge is -2.05. The Morgan fingerprint density at radius 3 is 2.00 bits per heavy atom. The summed E-state index contributed by atoms with van der Waals surface area (Å²) in [5.74, 6) is 0. The quantitative estimate of drug-likeness (QED) is 0.550. The lowest BCUT2D eigenvalue weighted by atomic mass is 10.6. The Balaban J connectivity index is 3.36. The zero-order chi connectivity index (χ0) is 5.91. The zero-order valence-electron chi connectivity index (χ0n) is 4.42. The topological polar surface area (TPSA) is 52.0 Å². The smallest absolute Gasteiger partial charge is 0.0671 e. The average molecular weight is 138 g/mol. The number of rotatable bonds is 2. The van der Waals surface area contributed by atoms with E-state index >= 15 is 0 Å². The first-order valence-electron chi connectivity index (χ1n) is 2.22. The predicted octanol–water partition coefficient (Wildman–Crippen LogP) is 0.623. The molecule has 0 aliphatic rings. The molecule has 0 unspecified atom stereocenters. The lowest BCUT2D eigenvalue weighted by molar-refractivity contribution is 1.09. The van der Waals surface area contributed by atoms with Gasteiger partial charge in [-0.1, -0.05) is 18.7 Å². The first-order chi connectivity index (χ1) is 3.06. The maximum absolute atomic E-state index is 5.35. The Labute approximate surface area is 49.4 Å². The van der Waals surface area contributed by atoms with E-state index in [1.165, 1.54) is 0 Å². The van der Waals surface area contributed by atoms with Gasteiger partial charge in [0, 0.05) is 6.16 Å². The Morgan fingerprint density at radius 2 is 2.00 bits per heavy atom. The van der Waals surface area contributed by atoms with E-state index in [4.69, 9.17) is 22.8 Å². The van der Waals surface area contributed by atoms with Gasteiger partial charge in [0.2, 0.25) is 0 Å². The fourth-order valence-corrected chi connectivity index (χ4v) is 1.60. The Hall–Kier alpha value is 0.570. The highest BCUT2D eigenvalue weighted by molar-refractivity contribution is 8.12. The molecule has 7 heavy (non-hydrogen) atoms. The van der Waals surface area contributed by atoms with E-state index in [0.717, 1.165) is 12.6 Å². The van der Waals surface area contributed by atoms with Gasteiger partial charge in [-0.05, 0) is 6.42 Å². The largest absolute Gasteiger partial charge is 0.291 e. The minimum absolute atomic E-state index is 0.822. The van der Waals surface area contributed by atoms with E-state index in [2.05, 4.69) is 0 Å². The van der Waals surface area contributed by atoms with Crippen molar-refractivity contribution in [3.8, 4) is 0 Å². The van der Waals surface area contributed by atoms with Gasteiger partial charge < -0.3 is 0 Å². The van der Waals surface area contributed by atoms with E-state index in [1.807, 2.05) is 6.92 Å². The summed E-state index contributed by atoms with van der Waals surface area (Å²) in [5.41, 5.74) is 10.7. The molecule has 4 heteroatoms. The molecule has 0 amide bonds. The van der Waals surface area contributed by atoms with Crippen LogP contribution < -0.4 is 11.0 Å². The maximum atomic E-state index is 5.35. The summed E-state index contributed by atoms with van der Waals surface area (Å²) in [6.45, 7) is 2.03. The molecule has 0 fully saturated rings. The Bertz CT molecular complexity index is 86.9. The van der Waals surface area contributed by atoms with Crippen LogP contribution in [-0.2, 0) is 11.8 Å². The number of nitrogens with two attached hydrogens (primary N) is 2. The molecule has 0 rings (SSSR count). The third kappa shape index (κ3) is 6.57. The molecule has 0 atom stereocenters. The monoisotopic (exact) mass is 138 g/mol. The number of hydrogen-bond donors (Lipinski definition) is 2. The molecule has 0 spiro atoms. The molecule has 0 radical (unpaired) electrons. The molecule has 0 heterocycles. The SMILES string of the molecule is CCCP(N)(N)=S. The second kappa shape index (κ2) is 2.78. The molecule has 4 N–H and O–H groups in total. The van der Waals surface area contributed by atoms with Gasteiger partial charge in [0.15, 0.2) is 0 Å². The lowest BCUT2D eigenvalue weighted by Crippen LogP contribution is -2.06. The van der Waals surface area contributed by atoms with Crippen molar-refractivity contribution in [2.24, 2.45) is 11.0 Å². The summed E-state index contributed by atoms with van der Waals surface area (Å²) >= 11 is 4.75. The Morgan fingerprint density at radius 1 is 1.57 bits per heavy atom. The molecular formula is C3H11N2PS. The molecule has 2 nitrogen and oxygen atoms in total. The van der Waals surface area contributed by atoms with E-state index in [-0.39, 0.29) is 0 Å². The van der Waals surface area contributed by atoms with Crippen LogP contribution in [0.2, 0.25) is 0 Å². The molecule has 0 aromatic rings. The highest BCUT2D eigenvalue weighted by Crippen LogP contribution is 2.25. The van der Waals surface area contributed by atoms with Gasteiger partial charge in [-0.2, -0.15) is 0 Å². The molecule has 44 valence electrons. The fraction of sp³-hybridized carbons (Fsp3) is 1.00. The summed E-state index contributed by atoms with van der Waals surface area (Å²) in [4.78, 5) is 0. The molecule has 0 saturated carbocycles. The van der Waals surface area contributed by atoms with Gasteiger partial charge in [-0.25, -0.2) is 0 Å². The van der Waals surface area contributed by atoms with Crippen molar-refractivity contribution in [2.45, 2.75) is 13.3 Å². The first kappa shape index (κ1) is 7.57. The van der Waals surface area contributed by atoms with Crippen LogP contribution in [0.1, 0.15) is 13.3 Å². The summed E-state index contributed by atoms with van der Waals surface area (Å²) in [5, 5.41) is 0. The van der Waals surface area contributed by atoms with Crippen molar-refractivity contribution in [1.29, 1.82) is 0 Å². The molecule has 0 aliphatic heterocycles. The second-order valence-electron chi connectivity index (χ2n) is 1.58. The zero-order valence-corrected chi connectivity index (χ0v) is 6.14. The second-order valence-corrected chi connectivity index (χ2v) is 5.77. The van der Waals surface area contributed by atoms with Gasteiger partial charge in [-0.15, -0.1) is 0 Å². The molecule has 0 aromatic carbocycles. The van der Waals surface area contributed by atoms with Crippen LogP contribution in [0.25, 0.3) is 0 Å². The van der Waals surface area contributed by atoms with Crippen LogP contribution in [0.15, 0.2) is 0 Å². The van der Waals surface area contributed by atoms with Crippen molar-refractivity contribution in [3.63, 3.8) is 0 Å². The van der Waals surface area contributed by atoms with Crippen molar-refractivity contribution in [3.05, 3.63) is 0 Å². The van der Waals surface area contributed by atoms with E-state index < -0.39 is 6.34 Å². The molecule has 0 aliphatic carbocycles. The summed E-state index contributed by atoms with van der Waals surface area (Å²) in [7, 11) is 0. The molecule has 0 aromatic heterocycles. The fourth-order valence-electron chi connectivity index (χ4n) is 0.349. The Kier molecular flexibility index (Phi) is 3.00. The predicted molar refractivity (Wildman–Crippen MR) is 37.8 cm³/mol. The van der Waals surface area contributed by atoms with Crippen LogP contribution in [0.5, 0.6) is 0 Å². The van der Waals surface area contributed by atoms with Gasteiger partial charge in [-0.3, -0.25) is 11.0 Å². The van der Waals surface area contributed by atoms with Crippen LogP contribution >= 0.6 is 6.34 Å². The van der Waals surface area contributed by atoms with Crippen LogP contribution in [0.4, 0.5) is 0 Å². The van der Waals surface area contributed by atoms with Gasteiger partial charge >= 0.3 is 0 Å². The normalized spacial score (nSPS) is 11.9. The summed E-state index contributed by atoms with van der Waals surface area (Å²) in [6.07, 6.45) is -0.00637. The van der Waals surface area contributed by atoms with Crippen molar-refractivity contribution in [1.82, 2.24) is 0 Å². The van der Waals surface area contributed by atoms with E-state index in [1.54, 1.807) is 0 Å². The minimum atomic E-state index is -1.83. The number of hydrogen-bond acceptors (Lipinski definition) is 1. The van der Waals surface area contributed by atoms with Crippen molar-refractivity contribution in [2.75, 3.05) is 6.16 Å². The van der Waals surface area contributed by atoms with Crippen LogP contribution in [0.3, 0.4) is 0 Å². The van der Waals surface area contributed by atoms with Crippen molar-refractivity contribution >= 4 is 18.1 Å². The van der Waals surface area contributed by atoms with E-state index in [0.29, 0.717) is 0 Å². The van der Waals surface area contributed by atoms with Crippen molar-refractivity contribution < 1.29 is 0 Å². The summed E-state index contributed by atoms with van der Waals surface area (Å²) in [6, 6.07) is 0. The van der Waals surface area contributed by atoms with Crippen LogP contribution in [0, 0.1) is 0 Å². The minimum Gasteiger partial charge on any atom is -0.291 e. The third-order valence-electron chi connectivity index (χ3n) is 0.573. The van der Waals surface area contributed by atoms with Gasteiger partial charge in [0.25, 0.3) is 0 Å².